The van der Waals surface area contributed by atoms with Gasteiger partial charge in [-0.15, -0.1) is 0 Å². The van der Waals surface area contributed by atoms with E-state index in [2.05, 4.69) is 172 Å². The molecule has 0 spiro atoms. The summed E-state index contributed by atoms with van der Waals surface area (Å²) >= 11 is 0. The van der Waals surface area contributed by atoms with E-state index in [4.69, 9.17) is 0 Å². The van der Waals surface area contributed by atoms with Crippen LogP contribution in [0, 0.1) is 0 Å². The van der Waals surface area contributed by atoms with Gasteiger partial charge in [0, 0.05) is 6.67 Å². The molecular formula is C48H73N3O4. The van der Waals surface area contributed by atoms with Gasteiger partial charge in [0.05, 0.1) is 13.3 Å². The van der Waals surface area contributed by atoms with Crippen molar-refractivity contribution in [1.82, 2.24) is 15.5 Å². The first-order valence-electron chi connectivity index (χ1n) is 20.1. The molecule has 55 heavy (non-hydrogen) atoms. The quantitative estimate of drug-likeness (QED) is 0.178. The van der Waals surface area contributed by atoms with Crippen LogP contribution in [0.15, 0.2) is 36.4 Å². The Kier molecular flexibility index (Phi) is 11.6. The molecule has 1 aliphatic heterocycles. The molecule has 0 unspecified atom stereocenters. The van der Waals surface area contributed by atoms with Gasteiger partial charge in [0.2, 0.25) is 5.91 Å². The molecular weight excluding hydrogens is 683 g/mol. The molecule has 4 rings (SSSR count). The van der Waals surface area contributed by atoms with Crippen molar-refractivity contribution in [2.75, 3.05) is 20.0 Å². The number of nitrogens with zero attached hydrogens (tertiary/aromatic N) is 1. The minimum atomic E-state index is -1.34. The molecule has 5 N–H and O–H groups in total. The molecule has 1 saturated heterocycles. The van der Waals surface area contributed by atoms with Gasteiger partial charge in [0.15, 0.2) is 0 Å². The first kappa shape index (κ1) is 44.2. The number of carbonyl (C=O) groups excluding carboxylic acids is 1. The number of nitrogens with one attached hydrogen (secondary N) is 2. The maximum atomic E-state index is 16.1. The summed E-state index contributed by atoms with van der Waals surface area (Å²) in [5.74, 6) is 0.690. The van der Waals surface area contributed by atoms with E-state index in [0.717, 1.165) is 50.1 Å². The number of rotatable bonds is 5. The lowest BCUT2D eigenvalue weighted by Gasteiger charge is -2.43. The summed E-state index contributed by atoms with van der Waals surface area (Å²) in [6, 6.07) is 12.4. The average molecular weight is 756 g/mol. The summed E-state index contributed by atoms with van der Waals surface area (Å²) < 4.78 is 0. The van der Waals surface area contributed by atoms with Crippen LogP contribution in [-0.2, 0) is 49.1 Å². The highest BCUT2D eigenvalue weighted by Gasteiger charge is 2.48. The van der Waals surface area contributed by atoms with E-state index in [1.165, 1.54) is 0 Å². The SMILES string of the molecule is CC(C)(C)c1cc(CC(C(=O)N2CNCNC2)(c2cc(C(C)(C)C)c(O)c(C(C)(C)C)c2)c2cc(C(C)(C)C)c(O)c(C(C)(C)C)c2)cc(C(C)(C)C)c1O. The normalized spacial score (nSPS) is 15.4. The molecule has 304 valence electrons. The topological polar surface area (TPSA) is 105 Å². The fourth-order valence-corrected chi connectivity index (χ4v) is 7.93. The third-order valence-electron chi connectivity index (χ3n) is 11.2. The van der Waals surface area contributed by atoms with E-state index < -0.39 is 27.1 Å². The van der Waals surface area contributed by atoms with Gasteiger partial charge in [-0.1, -0.05) is 161 Å². The summed E-state index contributed by atoms with van der Waals surface area (Å²) in [5.41, 5.74) is 3.26. The summed E-state index contributed by atoms with van der Waals surface area (Å²) in [7, 11) is 0. The Morgan fingerprint density at radius 2 is 0.745 bits per heavy atom. The van der Waals surface area contributed by atoms with E-state index in [0.29, 0.717) is 20.0 Å². The zero-order chi connectivity index (χ0) is 42.1. The van der Waals surface area contributed by atoms with Crippen molar-refractivity contribution in [3.63, 3.8) is 0 Å². The van der Waals surface area contributed by atoms with Gasteiger partial charge in [-0.3, -0.25) is 15.4 Å². The van der Waals surface area contributed by atoms with Gasteiger partial charge in [-0.05, 0) is 89.0 Å². The summed E-state index contributed by atoms with van der Waals surface area (Å²) in [6.45, 7) is 39.1. The maximum absolute atomic E-state index is 16.1. The van der Waals surface area contributed by atoms with Crippen molar-refractivity contribution in [1.29, 1.82) is 0 Å². The second-order valence-electron chi connectivity index (χ2n) is 22.3. The number of carbonyl (C=O) groups is 1. The second kappa shape index (κ2) is 14.4. The van der Waals surface area contributed by atoms with Crippen molar-refractivity contribution in [3.05, 3.63) is 86.5 Å². The lowest BCUT2D eigenvalue weighted by Crippen LogP contribution is -2.58. The number of aromatic hydroxyl groups is 3. The molecule has 0 aromatic heterocycles. The van der Waals surface area contributed by atoms with E-state index >= 15 is 4.79 Å². The molecule has 1 amide bonds. The minimum absolute atomic E-state index is 0.0919. The molecule has 0 saturated carbocycles. The predicted molar refractivity (Wildman–Crippen MR) is 229 cm³/mol. The van der Waals surface area contributed by atoms with Crippen LogP contribution in [0.3, 0.4) is 0 Å². The molecule has 7 heteroatoms. The highest BCUT2D eigenvalue weighted by molar-refractivity contribution is 5.93. The van der Waals surface area contributed by atoms with E-state index in [9.17, 15) is 15.3 Å². The van der Waals surface area contributed by atoms with Crippen LogP contribution in [0.2, 0.25) is 0 Å². The van der Waals surface area contributed by atoms with Crippen molar-refractivity contribution < 1.29 is 20.1 Å². The molecule has 7 nitrogen and oxygen atoms in total. The van der Waals surface area contributed by atoms with Crippen molar-refractivity contribution >= 4 is 5.91 Å². The zero-order valence-corrected chi connectivity index (χ0v) is 37.5. The van der Waals surface area contributed by atoms with Crippen LogP contribution in [0.25, 0.3) is 0 Å². The first-order chi connectivity index (χ1) is 24.7. The number of amides is 1. The van der Waals surface area contributed by atoms with E-state index in [1.54, 1.807) is 0 Å². The second-order valence-corrected chi connectivity index (χ2v) is 22.3. The molecule has 1 aliphatic rings. The number of hydrogen-bond acceptors (Lipinski definition) is 6. The van der Waals surface area contributed by atoms with Crippen molar-refractivity contribution in [2.45, 2.75) is 169 Å². The van der Waals surface area contributed by atoms with Crippen LogP contribution in [0.5, 0.6) is 17.2 Å². The zero-order valence-electron chi connectivity index (χ0n) is 37.5. The number of benzene rings is 3. The van der Waals surface area contributed by atoms with Crippen LogP contribution >= 0.6 is 0 Å². The molecule has 0 radical (unpaired) electrons. The van der Waals surface area contributed by atoms with E-state index in [1.807, 2.05) is 4.90 Å². The minimum Gasteiger partial charge on any atom is -0.507 e. The predicted octanol–water partition coefficient (Wildman–Crippen LogP) is 10.0. The smallest absolute Gasteiger partial charge is 0.240 e. The molecule has 1 heterocycles. The third-order valence-corrected chi connectivity index (χ3v) is 11.2. The van der Waals surface area contributed by atoms with Gasteiger partial charge in [0.25, 0.3) is 0 Å². The van der Waals surface area contributed by atoms with E-state index in [-0.39, 0.29) is 40.4 Å². The molecule has 0 atom stereocenters. The lowest BCUT2D eigenvalue weighted by molar-refractivity contribution is -0.137. The molecule has 0 aliphatic carbocycles. The maximum Gasteiger partial charge on any atom is 0.240 e. The van der Waals surface area contributed by atoms with Crippen molar-refractivity contribution in [3.8, 4) is 17.2 Å². The Labute approximate surface area is 333 Å². The third kappa shape index (κ3) is 8.89. The standard InChI is InChI=1S/C48H73N3O4/c1-42(2,3)32-19-29(20-33(38(32)52)43(4,5)6)25-48(41(55)51-27-49-26-50-28-51,30-21-34(44(7,8)9)39(53)35(22-30)45(10,11)12)31-23-36(46(13,14)15)40(54)37(24-31)47(16,17)18/h19-24,49-50,52-54H,25-28H2,1-18H3. The van der Waals surface area contributed by atoms with Crippen LogP contribution in [-0.4, -0.2) is 46.1 Å². The fraction of sp³-hybridized carbons (Fsp3) is 0.604. The van der Waals surface area contributed by atoms with Gasteiger partial charge in [-0.25, -0.2) is 0 Å². The van der Waals surface area contributed by atoms with Gasteiger partial charge in [-0.2, -0.15) is 0 Å². The average Bonchev–Trinajstić information content (AvgIpc) is 3.01. The Morgan fingerprint density at radius 1 is 0.491 bits per heavy atom. The number of phenols is 3. The van der Waals surface area contributed by atoms with Crippen molar-refractivity contribution in [2.24, 2.45) is 0 Å². The fourth-order valence-electron chi connectivity index (χ4n) is 7.93. The summed E-state index contributed by atoms with van der Waals surface area (Å²) in [6.07, 6.45) is 0.269. The molecule has 0 bridgehead atoms. The van der Waals surface area contributed by atoms with Gasteiger partial charge in [0.1, 0.15) is 22.7 Å². The van der Waals surface area contributed by atoms with Crippen LogP contribution in [0.4, 0.5) is 0 Å². The highest BCUT2D eigenvalue weighted by atomic mass is 16.3. The van der Waals surface area contributed by atoms with Crippen LogP contribution in [0.1, 0.15) is 175 Å². The number of phenolic OH excluding ortho intramolecular Hbond substituents is 3. The Morgan fingerprint density at radius 3 is 1.00 bits per heavy atom. The monoisotopic (exact) mass is 756 g/mol. The number of hydrogen-bond donors (Lipinski definition) is 5. The Balaban J connectivity index is 2.39. The van der Waals surface area contributed by atoms with Crippen LogP contribution < -0.4 is 10.6 Å². The van der Waals surface area contributed by atoms with Gasteiger partial charge < -0.3 is 20.2 Å². The molecule has 1 fully saturated rings. The molecule has 3 aromatic rings. The summed E-state index contributed by atoms with van der Waals surface area (Å²) in [5, 5.41) is 42.7. The largest absolute Gasteiger partial charge is 0.507 e. The highest BCUT2D eigenvalue weighted by Crippen LogP contribution is 2.50. The Hall–Kier alpha value is -3.55. The van der Waals surface area contributed by atoms with Gasteiger partial charge >= 0.3 is 0 Å². The lowest BCUT2D eigenvalue weighted by atomic mass is 9.64. The first-order valence-corrected chi connectivity index (χ1v) is 20.1. The summed E-state index contributed by atoms with van der Waals surface area (Å²) in [4.78, 5) is 18.0. The Bertz CT molecular complexity index is 1720. The molecule has 3 aromatic carbocycles.